The molecule has 2 amide bonds. The zero-order chi connectivity index (χ0) is 20.8. The van der Waals surface area contributed by atoms with Crippen molar-refractivity contribution in [2.75, 3.05) is 10.6 Å². The average molecular weight is 389 g/mol. The number of aromatic nitrogens is 1. The molecule has 0 aliphatic rings. The van der Waals surface area contributed by atoms with Gasteiger partial charge in [-0.3, -0.25) is 9.59 Å². The van der Waals surface area contributed by atoms with E-state index in [1.807, 2.05) is 39.0 Å². The highest BCUT2D eigenvalue weighted by Gasteiger charge is 2.13. The molecule has 1 aromatic heterocycles. The highest BCUT2D eigenvalue weighted by molar-refractivity contribution is 6.06. The second-order valence-corrected chi connectivity index (χ2v) is 6.88. The van der Waals surface area contributed by atoms with Gasteiger partial charge in [0.25, 0.3) is 11.8 Å². The monoisotopic (exact) mass is 389 g/mol. The summed E-state index contributed by atoms with van der Waals surface area (Å²) >= 11 is 0. The third kappa shape index (κ3) is 5.65. The summed E-state index contributed by atoms with van der Waals surface area (Å²) in [7, 11) is 0. The van der Waals surface area contributed by atoms with Gasteiger partial charge in [0.05, 0.1) is 6.10 Å². The molecule has 1 heterocycles. The van der Waals surface area contributed by atoms with Crippen molar-refractivity contribution in [2.24, 2.45) is 0 Å². The molecule has 0 bridgehead atoms. The molecule has 0 spiro atoms. The molecule has 0 fully saturated rings. The maximum Gasteiger partial charge on any atom is 0.274 e. The number of nitrogens with zero attached hydrogens (tertiary/aromatic N) is 1. The van der Waals surface area contributed by atoms with E-state index >= 15 is 0 Å². The molecular formula is C23H23N3O3. The van der Waals surface area contributed by atoms with Gasteiger partial charge in [0.1, 0.15) is 17.1 Å². The third-order valence-corrected chi connectivity index (χ3v) is 3.97. The Labute approximate surface area is 169 Å². The van der Waals surface area contributed by atoms with Crippen molar-refractivity contribution in [3.8, 4) is 5.75 Å². The Kier molecular flexibility index (Phi) is 6.24. The normalized spacial score (nSPS) is 10.5. The number of benzene rings is 2. The summed E-state index contributed by atoms with van der Waals surface area (Å²) in [6.07, 6.45) is 0.0772. The fraction of sp³-hybridized carbons (Fsp3) is 0.174. The van der Waals surface area contributed by atoms with Gasteiger partial charge < -0.3 is 15.4 Å². The number of rotatable bonds is 6. The molecule has 0 aliphatic carbocycles. The van der Waals surface area contributed by atoms with Crippen LogP contribution < -0.4 is 15.4 Å². The van der Waals surface area contributed by atoms with Gasteiger partial charge in [-0.05, 0) is 74.9 Å². The molecule has 2 aromatic carbocycles. The number of carbonyl (C=O) groups excluding carboxylic acids is 2. The predicted molar refractivity (Wildman–Crippen MR) is 114 cm³/mol. The summed E-state index contributed by atoms with van der Waals surface area (Å²) in [6, 6.07) is 19.3. The van der Waals surface area contributed by atoms with Gasteiger partial charge in [-0.25, -0.2) is 4.98 Å². The van der Waals surface area contributed by atoms with Crippen LogP contribution in [0.2, 0.25) is 0 Å². The van der Waals surface area contributed by atoms with Gasteiger partial charge in [-0.2, -0.15) is 0 Å². The number of ether oxygens (including phenoxy) is 1. The summed E-state index contributed by atoms with van der Waals surface area (Å²) in [5.74, 6) is -0.0425. The first kappa shape index (κ1) is 20.1. The van der Waals surface area contributed by atoms with E-state index in [0.717, 1.165) is 11.3 Å². The minimum atomic E-state index is -0.396. The molecule has 0 aliphatic heterocycles. The van der Waals surface area contributed by atoms with E-state index in [9.17, 15) is 9.59 Å². The number of nitrogens with one attached hydrogen (secondary N) is 2. The largest absolute Gasteiger partial charge is 0.491 e. The number of pyridine rings is 1. The second kappa shape index (κ2) is 9.01. The molecule has 3 rings (SSSR count). The van der Waals surface area contributed by atoms with Crippen molar-refractivity contribution in [2.45, 2.75) is 26.9 Å². The Balaban J connectivity index is 1.68. The SMILES string of the molecule is Cc1cccc(NC(=O)c2cccc(C(=O)Nc3ccc(OC(C)C)cc3)n2)c1. The predicted octanol–water partition coefficient (Wildman–Crippen LogP) is 4.68. The molecule has 0 saturated heterocycles. The minimum Gasteiger partial charge on any atom is -0.491 e. The number of amides is 2. The Bertz CT molecular complexity index is 1010. The fourth-order valence-corrected chi connectivity index (χ4v) is 2.69. The number of anilines is 2. The van der Waals surface area contributed by atoms with Crippen molar-refractivity contribution in [1.29, 1.82) is 0 Å². The van der Waals surface area contributed by atoms with Gasteiger partial charge in [0, 0.05) is 11.4 Å². The molecule has 29 heavy (non-hydrogen) atoms. The van der Waals surface area contributed by atoms with Crippen LogP contribution in [0.3, 0.4) is 0 Å². The van der Waals surface area contributed by atoms with Gasteiger partial charge in [-0.1, -0.05) is 18.2 Å². The van der Waals surface area contributed by atoms with Crippen LogP contribution in [-0.4, -0.2) is 22.9 Å². The minimum absolute atomic E-state index is 0.0772. The quantitative estimate of drug-likeness (QED) is 0.641. The topological polar surface area (TPSA) is 80.3 Å². The summed E-state index contributed by atoms with van der Waals surface area (Å²) in [6.45, 7) is 5.84. The molecule has 3 aromatic rings. The van der Waals surface area contributed by atoms with Crippen LogP contribution in [0.5, 0.6) is 5.75 Å². The molecule has 2 N–H and O–H groups in total. The highest BCUT2D eigenvalue weighted by Crippen LogP contribution is 2.17. The lowest BCUT2D eigenvalue weighted by Gasteiger charge is -2.11. The van der Waals surface area contributed by atoms with Crippen molar-refractivity contribution >= 4 is 23.2 Å². The average Bonchev–Trinajstić information content (AvgIpc) is 2.69. The molecule has 0 radical (unpaired) electrons. The maximum absolute atomic E-state index is 12.5. The Morgan fingerprint density at radius 1 is 0.828 bits per heavy atom. The van der Waals surface area contributed by atoms with Crippen LogP contribution in [0.25, 0.3) is 0 Å². The smallest absolute Gasteiger partial charge is 0.274 e. The highest BCUT2D eigenvalue weighted by atomic mass is 16.5. The number of hydrogen-bond donors (Lipinski definition) is 2. The molecular weight excluding hydrogens is 366 g/mol. The molecule has 6 nitrogen and oxygen atoms in total. The van der Waals surface area contributed by atoms with Crippen molar-refractivity contribution in [3.05, 3.63) is 83.7 Å². The lowest BCUT2D eigenvalue weighted by Crippen LogP contribution is -2.18. The lowest BCUT2D eigenvalue weighted by atomic mass is 10.2. The molecule has 0 unspecified atom stereocenters. The van der Waals surface area contributed by atoms with Gasteiger partial charge >= 0.3 is 0 Å². The first-order valence-corrected chi connectivity index (χ1v) is 9.34. The Morgan fingerprint density at radius 3 is 2.00 bits per heavy atom. The molecule has 0 saturated carbocycles. The van der Waals surface area contributed by atoms with Crippen molar-refractivity contribution < 1.29 is 14.3 Å². The first-order chi connectivity index (χ1) is 13.9. The number of aryl methyl sites for hydroxylation is 1. The van der Waals surface area contributed by atoms with Gasteiger partial charge in [-0.15, -0.1) is 0 Å². The van der Waals surface area contributed by atoms with E-state index in [2.05, 4.69) is 15.6 Å². The Morgan fingerprint density at radius 2 is 1.41 bits per heavy atom. The van der Waals surface area contributed by atoms with Gasteiger partial charge in [0.2, 0.25) is 0 Å². The summed E-state index contributed by atoms with van der Waals surface area (Å²) in [4.78, 5) is 29.2. The van der Waals surface area contributed by atoms with Crippen molar-refractivity contribution in [1.82, 2.24) is 4.98 Å². The van der Waals surface area contributed by atoms with E-state index < -0.39 is 5.91 Å². The van der Waals surface area contributed by atoms with Crippen LogP contribution in [0, 0.1) is 6.92 Å². The maximum atomic E-state index is 12.5. The summed E-state index contributed by atoms with van der Waals surface area (Å²) < 4.78 is 5.59. The zero-order valence-corrected chi connectivity index (χ0v) is 16.6. The standard InChI is InChI=1S/C23H23N3O3/c1-15(2)29-19-12-10-17(11-13-19)24-22(27)20-8-5-9-21(26-20)23(28)25-18-7-4-6-16(3)14-18/h4-15H,1-3H3,(H,24,27)(H,25,28). The van der Waals surface area contributed by atoms with Crippen LogP contribution in [-0.2, 0) is 0 Å². The van der Waals surface area contributed by atoms with Crippen LogP contribution in [0.15, 0.2) is 66.7 Å². The van der Waals surface area contributed by atoms with E-state index in [1.54, 1.807) is 48.5 Å². The fourth-order valence-electron chi connectivity index (χ4n) is 2.69. The molecule has 0 atom stereocenters. The van der Waals surface area contributed by atoms with E-state index in [1.165, 1.54) is 0 Å². The van der Waals surface area contributed by atoms with E-state index in [0.29, 0.717) is 11.4 Å². The summed E-state index contributed by atoms with van der Waals surface area (Å²) in [5.41, 5.74) is 2.65. The van der Waals surface area contributed by atoms with Crippen LogP contribution in [0.4, 0.5) is 11.4 Å². The Hall–Kier alpha value is -3.67. The first-order valence-electron chi connectivity index (χ1n) is 9.34. The van der Waals surface area contributed by atoms with E-state index in [-0.39, 0.29) is 23.4 Å². The third-order valence-electron chi connectivity index (χ3n) is 3.97. The number of carbonyl (C=O) groups is 2. The van der Waals surface area contributed by atoms with Crippen LogP contribution in [0.1, 0.15) is 40.4 Å². The van der Waals surface area contributed by atoms with Gasteiger partial charge in [0.15, 0.2) is 0 Å². The van der Waals surface area contributed by atoms with E-state index in [4.69, 9.17) is 4.74 Å². The number of hydrogen-bond acceptors (Lipinski definition) is 4. The zero-order valence-electron chi connectivity index (χ0n) is 16.6. The van der Waals surface area contributed by atoms with Crippen molar-refractivity contribution in [3.63, 3.8) is 0 Å². The molecule has 148 valence electrons. The lowest BCUT2D eigenvalue weighted by molar-refractivity contribution is 0.101. The second-order valence-electron chi connectivity index (χ2n) is 6.88. The summed E-state index contributed by atoms with van der Waals surface area (Å²) in [5, 5.41) is 5.56. The van der Waals surface area contributed by atoms with Crippen LogP contribution >= 0.6 is 0 Å². The molecule has 6 heteroatoms.